The van der Waals surface area contributed by atoms with Crippen molar-refractivity contribution in [1.29, 1.82) is 0 Å². The van der Waals surface area contributed by atoms with Crippen LogP contribution in [0.5, 0.6) is 0 Å². The highest BCUT2D eigenvalue weighted by Gasteiger charge is 2.04. The fourth-order valence-electron chi connectivity index (χ4n) is 1.03. The van der Waals surface area contributed by atoms with Crippen molar-refractivity contribution in [3.8, 4) is 0 Å². The summed E-state index contributed by atoms with van der Waals surface area (Å²) in [5, 5.41) is 0. The van der Waals surface area contributed by atoms with Crippen LogP contribution in [0, 0.1) is 10.5 Å². The monoisotopic (exact) mass is 275 g/mol. The number of hydrogen-bond acceptors (Lipinski definition) is 1. The van der Waals surface area contributed by atoms with E-state index in [9.17, 15) is 4.79 Å². The van der Waals surface area contributed by atoms with Crippen LogP contribution in [0.2, 0.25) is 0 Å². The standard InChI is InChI=1S/C9H10INO/c1-6-3-2-4-7(9(6)10)5-8(11)12/h2-4H,5H2,1H3,(H2,11,12). The first-order valence-corrected chi connectivity index (χ1v) is 4.71. The van der Waals surface area contributed by atoms with Crippen molar-refractivity contribution in [1.82, 2.24) is 0 Å². The summed E-state index contributed by atoms with van der Waals surface area (Å²) < 4.78 is 1.13. The maximum atomic E-state index is 10.7. The molecule has 0 aliphatic carbocycles. The number of rotatable bonds is 2. The SMILES string of the molecule is Cc1cccc(CC(N)=O)c1I. The molecule has 0 aromatic heterocycles. The molecule has 0 unspecified atom stereocenters. The van der Waals surface area contributed by atoms with Crippen LogP contribution in [-0.2, 0) is 11.2 Å². The van der Waals surface area contributed by atoms with Crippen LogP contribution >= 0.6 is 22.6 Å². The van der Waals surface area contributed by atoms with Crippen LogP contribution in [0.4, 0.5) is 0 Å². The van der Waals surface area contributed by atoms with Crippen LogP contribution < -0.4 is 5.73 Å². The molecule has 12 heavy (non-hydrogen) atoms. The molecular weight excluding hydrogens is 265 g/mol. The highest BCUT2D eigenvalue weighted by Crippen LogP contribution is 2.16. The van der Waals surface area contributed by atoms with Gasteiger partial charge in [0.2, 0.25) is 5.91 Å². The average molecular weight is 275 g/mol. The summed E-state index contributed by atoms with van der Waals surface area (Å²) in [5.74, 6) is -0.279. The largest absolute Gasteiger partial charge is 0.369 e. The Bertz CT molecular complexity index is 309. The van der Waals surface area contributed by atoms with Gasteiger partial charge in [-0.2, -0.15) is 0 Å². The molecule has 0 aliphatic heterocycles. The molecular formula is C9H10INO. The Balaban J connectivity index is 3.00. The molecule has 1 aromatic carbocycles. The first-order chi connectivity index (χ1) is 5.61. The van der Waals surface area contributed by atoms with E-state index in [0.29, 0.717) is 6.42 Å². The van der Waals surface area contributed by atoms with E-state index in [2.05, 4.69) is 22.6 Å². The summed E-state index contributed by atoms with van der Waals surface area (Å²) in [6.07, 6.45) is 0.333. The maximum Gasteiger partial charge on any atom is 0.221 e. The van der Waals surface area contributed by atoms with Gasteiger partial charge in [-0.05, 0) is 40.6 Å². The molecule has 2 N–H and O–H groups in total. The molecule has 1 amide bonds. The molecule has 2 nitrogen and oxygen atoms in total. The number of primary amides is 1. The van der Waals surface area contributed by atoms with Gasteiger partial charge in [0.25, 0.3) is 0 Å². The molecule has 0 fully saturated rings. The number of carbonyl (C=O) groups excluding carboxylic acids is 1. The zero-order chi connectivity index (χ0) is 9.14. The van der Waals surface area contributed by atoms with Gasteiger partial charge in [-0.15, -0.1) is 0 Å². The minimum absolute atomic E-state index is 0.279. The number of nitrogens with two attached hydrogens (primary N) is 1. The van der Waals surface area contributed by atoms with Crippen molar-refractivity contribution in [2.45, 2.75) is 13.3 Å². The molecule has 0 aliphatic rings. The number of hydrogen-bond donors (Lipinski definition) is 1. The zero-order valence-electron chi connectivity index (χ0n) is 6.80. The second-order valence-corrected chi connectivity index (χ2v) is 3.77. The average Bonchev–Trinajstić information content (AvgIpc) is 1.98. The first-order valence-electron chi connectivity index (χ1n) is 3.63. The molecule has 3 heteroatoms. The number of carbonyl (C=O) groups is 1. The Morgan fingerprint density at radius 3 is 2.83 bits per heavy atom. The van der Waals surface area contributed by atoms with Crippen LogP contribution in [-0.4, -0.2) is 5.91 Å². The number of benzene rings is 1. The minimum atomic E-state index is -0.279. The van der Waals surface area contributed by atoms with Crippen molar-refractivity contribution in [2.75, 3.05) is 0 Å². The second-order valence-electron chi connectivity index (χ2n) is 2.69. The van der Waals surface area contributed by atoms with E-state index in [4.69, 9.17) is 5.73 Å². The number of amides is 1. The van der Waals surface area contributed by atoms with E-state index in [-0.39, 0.29) is 5.91 Å². The number of aryl methyl sites for hydroxylation is 1. The minimum Gasteiger partial charge on any atom is -0.369 e. The molecule has 0 saturated heterocycles. The van der Waals surface area contributed by atoms with Gasteiger partial charge in [0.15, 0.2) is 0 Å². The third-order valence-electron chi connectivity index (χ3n) is 1.64. The summed E-state index contributed by atoms with van der Waals surface area (Å²) >= 11 is 2.23. The summed E-state index contributed by atoms with van der Waals surface area (Å²) in [6, 6.07) is 5.89. The molecule has 0 atom stereocenters. The molecule has 1 rings (SSSR count). The highest BCUT2D eigenvalue weighted by molar-refractivity contribution is 14.1. The summed E-state index contributed by atoms with van der Waals surface area (Å²) in [4.78, 5) is 10.7. The Hall–Kier alpha value is -0.580. The van der Waals surface area contributed by atoms with Gasteiger partial charge in [-0.1, -0.05) is 18.2 Å². The lowest BCUT2D eigenvalue weighted by atomic mass is 10.1. The van der Waals surface area contributed by atoms with E-state index < -0.39 is 0 Å². The second kappa shape index (κ2) is 3.89. The molecule has 64 valence electrons. The molecule has 1 aromatic rings. The van der Waals surface area contributed by atoms with Crippen LogP contribution in [0.1, 0.15) is 11.1 Å². The van der Waals surface area contributed by atoms with Gasteiger partial charge in [0.05, 0.1) is 6.42 Å². The van der Waals surface area contributed by atoms with Gasteiger partial charge >= 0.3 is 0 Å². The van der Waals surface area contributed by atoms with E-state index in [0.717, 1.165) is 9.13 Å². The maximum absolute atomic E-state index is 10.7. The van der Waals surface area contributed by atoms with E-state index in [1.165, 1.54) is 5.56 Å². The molecule has 0 bridgehead atoms. The quantitative estimate of drug-likeness (QED) is 0.819. The molecule has 0 radical (unpaired) electrons. The summed E-state index contributed by atoms with van der Waals surface area (Å²) in [5.41, 5.74) is 7.31. The normalized spacial score (nSPS) is 9.83. The van der Waals surface area contributed by atoms with Crippen molar-refractivity contribution < 1.29 is 4.79 Å². The van der Waals surface area contributed by atoms with Gasteiger partial charge < -0.3 is 5.73 Å². The van der Waals surface area contributed by atoms with Gasteiger partial charge in [-0.3, -0.25) is 4.79 Å². The van der Waals surface area contributed by atoms with Crippen molar-refractivity contribution in [2.24, 2.45) is 5.73 Å². The first kappa shape index (κ1) is 9.51. The number of halogens is 1. The lowest BCUT2D eigenvalue weighted by molar-refractivity contribution is -0.117. The van der Waals surface area contributed by atoms with Crippen LogP contribution in [0.3, 0.4) is 0 Å². The Kier molecular flexibility index (Phi) is 3.08. The predicted molar refractivity (Wildman–Crippen MR) is 56.8 cm³/mol. The van der Waals surface area contributed by atoms with Crippen molar-refractivity contribution in [3.63, 3.8) is 0 Å². The Morgan fingerprint density at radius 1 is 1.58 bits per heavy atom. The van der Waals surface area contributed by atoms with Gasteiger partial charge in [-0.25, -0.2) is 0 Å². The van der Waals surface area contributed by atoms with Crippen molar-refractivity contribution in [3.05, 3.63) is 32.9 Å². The third kappa shape index (κ3) is 2.20. The third-order valence-corrected chi connectivity index (χ3v) is 3.18. The zero-order valence-corrected chi connectivity index (χ0v) is 8.96. The lowest BCUT2D eigenvalue weighted by Gasteiger charge is -2.03. The van der Waals surface area contributed by atoms with E-state index in [1.54, 1.807) is 0 Å². The van der Waals surface area contributed by atoms with Gasteiger partial charge in [0.1, 0.15) is 0 Å². The highest BCUT2D eigenvalue weighted by atomic mass is 127. The summed E-state index contributed by atoms with van der Waals surface area (Å²) in [7, 11) is 0. The van der Waals surface area contributed by atoms with E-state index >= 15 is 0 Å². The lowest BCUT2D eigenvalue weighted by Crippen LogP contribution is -2.14. The fourth-order valence-corrected chi connectivity index (χ4v) is 1.58. The van der Waals surface area contributed by atoms with Crippen LogP contribution in [0.15, 0.2) is 18.2 Å². The Morgan fingerprint density at radius 2 is 2.25 bits per heavy atom. The Labute approximate surface area is 85.3 Å². The van der Waals surface area contributed by atoms with Crippen LogP contribution in [0.25, 0.3) is 0 Å². The molecule has 0 spiro atoms. The molecule has 0 heterocycles. The van der Waals surface area contributed by atoms with E-state index in [1.807, 2.05) is 25.1 Å². The fraction of sp³-hybridized carbons (Fsp3) is 0.222. The van der Waals surface area contributed by atoms with Crippen molar-refractivity contribution >= 4 is 28.5 Å². The topological polar surface area (TPSA) is 43.1 Å². The van der Waals surface area contributed by atoms with Gasteiger partial charge in [0, 0.05) is 3.57 Å². The summed E-state index contributed by atoms with van der Waals surface area (Å²) in [6.45, 7) is 2.02. The molecule has 0 saturated carbocycles. The predicted octanol–water partition coefficient (Wildman–Crippen LogP) is 1.63. The smallest absolute Gasteiger partial charge is 0.221 e.